The molecule has 1 rings (SSSR count). The van der Waals surface area contributed by atoms with Crippen molar-refractivity contribution in [3.8, 4) is 0 Å². The molecule has 1 amide bonds. The molecule has 1 saturated heterocycles. The Morgan fingerprint density at radius 2 is 2.12 bits per heavy atom. The summed E-state index contributed by atoms with van der Waals surface area (Å²) in [6, 6.07) is -0.275. The zero-order valence-corrected chi connectivity index (χ0v) is 10.7. The fourth-order valence-corrected chi connectivity index (χ4v) is 2.46. The van der Waals surface area contributed by atoms with Crippen molar-refractivity contribution in [1.82, 2.24) is 4.90 Å². The number of amides is 1. The topological polar surface area (TPSA) is 46.3 Å². The molecule has 1 fully saturated rings. The number of carbonyl (C=O) groups excluding carboxylic acids is 1. The van der Waals surface area contributed by atoms with Crippen LogP contribution in [0.25, 0.3) is 0 Å². The molecule has 94 valence electrons. The van der Waals surface area contributed by atoms with E-state index in [1.807, 2.05) is 4.90 Å². The number of nitrogens with two attached hydrogens (primary N) is 1. The second-order valence-electron chi connectivity index (χ2n) is 4.93. The van der Waals surface area contributed by atoms with E-state index in [9.17, 15) is 4.79 Å². The molecule has 1 aliphatic heterocycles. The summed E-state index contributed by atoms with van der Waals surface area (Å²) in [5, 5.41) is 0. The quantitative estimate of drug-likeness (QED) is 0.798. The standard InChI is InChI=1S/C13H26N2O/c1-3-6-12(14)13(16)15-9-5-7-11(4-2)8-10-15/h11-12H,3-10,14H2,1-2H3. The minimum absolute atomic E-state index is 0.165. The molecule has 3 nitrogen and oxygen atoms in total. The molecule has 0 aromatic heterocycles. The van der Waals surface area contributed by atoms with Gasteiger partial charge in [0.05, 0.1) is 6.04 Å². The van der Waals surface area contributed by atoms with Gasteiger partial charge in [-0.25, -0.2) is 0 Å². The van der Waals surface area contributed by atoms with E-state index < -0.39 is 0 Å². The molecule has 0 aromatic carbocycles. The van der Waals surface area contributed by atoms with Crippen molar-refractivity contribution < 1.29 is 4.79 Å². The third kappa shape index (κ3) is 3.78. The van der Waals surface area contributed by atoms with Gasteiger partial charge in [-0.1, -0.05) is 26.7 Å². The Labute approximate surface area is 99.4 Å². The van der Waals surface area contributed by atoms with Crippen molar-refractivity contribution in [2.45, 2.75) is 58.4 Å². The molecule has 2 atom stereocenters. The normalized spacial score (nSPS) is 23.9. The van der Waals surface area contributed by atoms with Gasteiger partial charge in [0.15, 0.2) is 0 Å². The summed E-state index contributed by atoms with van der Waals surface area (Å²) in [5.41, 5.74) is 5.89. The second kappa shape index (κ2) is 6.89. The smallest absolute Gasteiger partial charge is 0.239 e. The van der Waals surface area contributed by atoms with Gasteiger partial charge in [0.25, 0.3) is 0 Å². The summed E-state index contributed by atoms with van der Waals surface area (Å²) in [6.45, 7) is 6.13. The van der Waals surface area contributed by atoms with E-state index in [2.05, 4.69) is 13.8 Å². The maximum atomic E-state index is 12.0. The van der Waals surface area contributed by atoms with Crippen LogP contribution < -0.4 is 5.73 Å². The number of carbonyl (C=O) groups is 1. The third-order valence-corrected chi connectivity index (χ3v) is 3.65. The van der Waals surface area contributed by atoms with Crippen LogP contribution in [-0.2, 0) is 4.79 Å². The Morgan fingerprint density at radius 1 is 1.38 bits per heavy atom. The molecule has 0 spiro atoms. The lowest BCUT2D eigenvalue weighted by Crippen LogP contribution is -2.44. The maximum absolute atomic E-state index is 12.0. The van der Waals surface area contributed by atoms with Gasteiger partial charge in [-0.05, 0) is 31.6 Å². The van der Waals surface area contributed by atoms with Crippen LogP contribution in [-0.4, -0.2) is 29.9 Å². The zero-order valence-electron chi connectivity index (χ0n) is 10.7. The minimum Gasteiger partial charge on any atom is -0.341 e. The van der Waals surface area contributed by atoms with Gasteiger partial charge in [0.2, 0.25) is 5.91 Å². The van der Waals surface area contributed by atoms with Crippen molar-refractivity contribution >= 4 is 5.91 Å². The number of nitrogens with zero attached hydrogens (tertiary/aromatic N) is 1. The number of hydrogen-bond donors (Lipinski definition) is 1. The average molecular weight is 226 g/mol. The fourth-order valence-electron chi connectivity index (χ4n) is 2.46. The maximum Gasteiger partial charge on any atom is 0.239 e. The molecular formula is C13H26N2O. The minimum atomic E-state index is -0.275. The Balaban J connectivity index is 2.44. The van der Waals surface area contributed by atoms with Crippen LogP contribution in [0, 0.1) is 5.92 Å². The number of likely N-dealkylation sites (tertiary alicyclic amines) is 1. The van der Waals surface area contributed by atoms with Crippen molar-refractivity contribution in [2.24, 2.45) is 11.7 Å². The lowest BCUT2D eigenvalue weighted by atomic mass is 9.98. The Kier molecular flexibility index (Phi) is 5.81. The first-order valence-corrected chi connectivity index (χ1v) is 6.73. The molecule has 3 heteroatoms. The summed E-state index contributed by atoms with van der Waals surface area (Å²) < 4.78 is 0. The molecule has 0 aromatic rings. The third-order valence-electron chi connectivity index (χ3n) is 3.65. The van der Waals surface area contributed by atoms with Crippen molar-refractivity contribution in [3.63, 3.8) is 0 Å². The first-order chi connectivity index (χ1) is 7.69. The SMILES string of the molecule is CCCC(N)C(=O)N1CCCC(CC)CC1. The first kappa shape index (κ1) is 13.5. The van der Waals surface area contributed by atoms with E-state index >= 15 is 0 Å². The Morgan fingerprint density at radius 3 is 2.75 bits per heavy atom. The van der Waals surface area contributed by atoms with E-state index in [-0.39, 0.29) is 11.9 Å². The van der Waals surface area contributed by atoms with Gasteiger partial charge in [0.1, 0.15) is 0 Å². The van der Waals surface area contributed by atoms with Crippen LogP contribution in [0.5, 0.6) is 0 Å². The summed E-state index contributed by atoms with van der Waals surface area (Å²) in [7, 11) is 0. The number of rotatable bonds is 4. The molecular weight excluding hydrogens is 200 g/mol. The van der Waals surface area contributed by atoms with Gasteiger partial charge in [-0.3, -0.25) is 4.79 Å². The first-order valence-electron chi connectivity index (χ1n) is 6.73. The monoisotopic (exact) mass is 226 g/mol. The molecule has 1 heterocycles. The largest absolute Gasteiger partial charge is 0.341 e. The predicted octanol–water partition coefficient (Wildman–Crippen LogP) is 2.15. The van der Waals surface area contributed by atoms with Crippen LogP contribution in [0.2, 0.25) is 0 Å². The van der Waals surface area contributed by atoms with Gasteiger partial charge >= 0.3 is 0 Å². The Hall–Kier alpha value is -0.570. The van der Waals surface area contributed by atoms with E-state index in [0.29, 0.717) is 0 Å². The molecule has 0 radical (unpaired) electrons. The van der Waals surface area contributed by atoms with Crippen LogP contribution >= 0.6 is 0 Å². The zero-order chi connectivity index (χ0) is 12.0. The molecule has 1 aliphatic rings. The van der Waals surface area contributed by atoms with E-state index in [0.717, 1.165) is 44.7 Å². The highest BCUT2D eigenvalue weighted by Crippen LogP contribution is 2.20. The van der Waals surface area contributed by atoms with Gasteiger partial charge < -0.3 is 10.6 Å². The van der Waals surface area contributed by atoms with E-state index in [1.165, 1.54) is 12.8 Å². The highest BCUT2D eigenvalue weighted by Gasteiger charge is 2.23. The van der Waals surface area contributed by atoms with Crippen molar-refractivity contribution in [3.05, 3.63) is 0 Å². The molecule has 2 N–H and O–H groups in total. The highest BCUT2D eigenvalue weighted by molar-refractivity contribution is 5.81. The van der Waals surface area contributed by atoms with Gasteiger partial charge in [0, 0.05) is 13.1 Å². The number of hydrogen-bond acceptors (Lipinski definition) is 2. The van der Waals surface area contributed by atoms with Crippen LogP contribution in [0.4, 0.5) is 0 Å². The van der Waals surface area contributed by atoms with Crippen LogP contribution in [0.3, 0.4) is 0 Å². The highest BCUT2D eigenvalue weighted by atomic mass is 16.2. The lowest BCUT2D eigenvalue weighted by Gasteiger charge is -2.24. The lowest BCUT2D eigenvalue weighted by molar-refractivity contribution is -0.132. The molecule has 0 bridgehead atoms. The summed E-state index contributed by atoms with van der Waals surface area (Å²) in [4.78, 5) is 14.0. The Bertz CT molecular complexity index is 218. The summed E-state index contributed by atoms with van der Waals surface area (Å²) in [5.74, 6) is 0.971. The van der Waals surface area contributed by atoms with Crippen LogP contribution in [0.15, 0.2) is 0 Å². The summed E-state index contributed by atoms with van der Waals surface area (Å²) in [6.07, 6.45) is 6.60. The average Bonchev–Trinajstić information content (AvgIpc) is 2.53. The molecule has 16 heavy (non-hydrogen) atoms. The molecule has 0 saturated carbocycles. The second-order valence-corrected chi connectivity index (χ2v) is 4.93. The molecule has 0 aliphatic carbocycles. The predicted molar refractivity (Wildman–Crippen MR) is 67.1 cm³/mol. The van der Waals surface area contributed by atoms with Crippen molar-refractivity contribution in [1.29, 1.82) is 0 Å². The van der Waals surface area contributed by atoms with E-state index in [1.54, 1.807) is 0 Å². The van der Waals surface area contributed by atoms with Gasteiger partial charge in [-0.15, -0.1) is 0 Å². The van der Waals surface area contributed by atoms with Crippen molar-refractivity contribution in [2.75, 3.05) is 13.1 Å². The van der Waals surface area contributed by atoms with Crippen LogP contribution in [0.1, 0.15) is 52.4 Å². The molecule has 2 unspecified atom stereocenters. The fraction of sp³-hybridized carbons (Fsp3) is 0.923. The summed E-state index contributed by atoms with van der Waals surface area (Å²) >= 11 is 0. The van der Waals surface area contributed by atoms with Gasteiger partial charge in [-0.2, -0.15) is 0 Å². The van der Waals surface area contributed by atoms with E-state index in [4.69, 9.17) is 5.73 Å².